The van der Waals surface area contributed by atoms with Crippen molar-refractivity contribution in [2.45, 2.75) is 70.4 Å². The predicted octanol–water partition coefficient (Wildman–Crippen LogP) is 6.90. The number of rotatable bonds is 8. The van der Waals surface area contributed by atoms with E-state index in [0.29, 0.717) is 29.2 Å². The minimum absolute atomic E-state index is 0.136. The number of halogens is 1. The van der Waals surface area contributed by atoms with E-state index in [1.54, 1.807) is 30.5 Å². The van der Waals surface area contributed by atoms with Crippen LogP contribution in [0.1, 0.15) is 74.3 Å². The van der Waals surface area contributed by atoms with Crippen molar-refractivity contribution in [3.05, 3.63) is 71.8 Å². The monoisotopic (exact) mass is 570 g/mol. The Morgan fingerprint density at radius 2 is 1.76 bits per heavy atom. The van der Waals surface area contributed by atoms with Crippen molar-refractivity contribution in [2.24, 2.45) is 7.05 Å². The van der Waals surface area contributed by atoms with E-state index in [-0.39, 0.29) is 23.7 Å². The molecule has 2 aromatic carbocycles. The zero-order valence-electron chi connectivity index (χ0n) is 24.6. The Balaban J connectivity index is 1.13. The van der Waals surface area contributed by atoms with Crippen LogP contribution in [0.15, 0.2) is 54.7 Å². The quantitative estimate of drug-likeness (QED) is 0.240. The Bertz CT molecular complexity index is 1570. The fourth-order valence-electron chi connectivity index (χ4n) is 6.21. The summed E-state index contributed by atoms with van der Waals surface area (Å²) in [4.78, 5) is 24.4. The highest BCUT2D eigenvalue weighted by molar-refractivity contribution is 5.92. The highest BCUT2D eigenvalue weighted by Crippen LogP contribution is 2.37. The van der Waals surface area contributed by atoms with Gasteiger partial charge in [0.2, 0.25) is 5.95 Å². The molecule has 1 amide bonds. The molecular weight excluding hydrogens is 531 g/mol. The first-order valence-corrected chi connectivity index (χ1v) is 15.1. The van der Waals surface area contributed by atoms with Gasteiger partial charge in [-0.1, -0.05) is 12.8 Å². The van der Waals surface area contributed by atoms with Crippen molar-refractivity contribution in [1.82, 2.24) is 24.8 Å². The zero-order chi connectivity index (χ0) is 29.2. The number of likely N-dealkylation sites (tertiary alicyclic amines) is 1. The van der Waals surface area contributed by atoms with Crippen LogP contribution in [-0.4, -0.2) is 50.5 Å². The summed E-state index contributed by atoms with van der Waals surface area (Å²) in [5, 5.41) is 6.51. The van der Waals surface area contributed by atoms with Crippen molar-refractivity contribution < 1.29 is 13.9 Å². The number of aryl methyl sites for hydroxylation is 1. The second-order valence-corrected chi connectivity index (χ2v) is 11.8. The van der Waals surface area contributed by atoms with Crippen LogP contribution in [0.4, 0.5) is 16.0 Å². The summed E-state index contributed by atoms with van der Waals surface area (Å²) in [6.07, 6.45) is 7.85. The standard InChI is InChI=1S/C33H39FN6O2/c1-21(2)40-16-13-23(14-17-40)36-32(41)30-20-26(12-15-35-30)42-25-9-11-31-29(19-25)38-33(39(31)3)37-24-8-10-28(34)27(18-24)22-6-4-5-7-22/h8-12,15,18-23H,4-7,13-14,16-17H2,1-3H3,(H,36,41)(H,37,38). The van der Waals surface area contributed by atoms with Crippen molar-refractivity contribution in [3.63, 3.8) is 0 Å². The molecule has 1 saturated carbocycles. The molecule has 4 aromatic rings. The van der Waals surface area contributed by atoms with Gasteiger partial charge in [0.05, 0.1) is 11.0 Å². The average molecular weight is 571 g/mol. The van der Waals surface area contributed by atoms with Crippen LogP contribution in [-0.2, 0) is 7.05 Å². The SMILES string of the molecule is CC(C)N1CCC(NC(=O)c2cc(Oc3ccc4c(c3)nc(Nc3ccc(F)c(C5CCCC5)c3)n4C)ccn2)CC1. The van der Waals surface area contributed by atoms with E-state index in [0.717, 1.165) is 73.9 Å². The summed E-state index contributed by atoms with van der Waals surface area (Å²) in [5.74, 6) is 1.77. The lowest BCUT2D eigenvalue weighted by Gasteiger charge is -2.34. The van der Waals surface area contributed by atoms with Crippen LogP contribution < -0.4 is 15.4 Å². The number of hydrogen-bond acceptors (Lipinski definition) is 6. The molecule has 0 radical (unpaired) electrons. The Labute approximate surface area is 246 Å². The Kier molecular flexibility index (Phi) is 8.11. The minimum atomic E-state index is -0.184. The van der Waals surface area contributed by atoms with Crippen molar-refractivity contribution in [2.75, 3.05) is 18.4 Å². The van der Waals surface area contributed by atoms with Crippen LogP contribution in [0.5, 0.6) is 11.5 Å². The molecule has 0 spiro atoms. The maximum absolute atomic E-state index is 14.6. The number of piperidine rings is 1. The third-order valence-electron chi connectivity index (χ3n) is 8.69. The molecule has 0 unspecified atom stereocenters. The zero-order valence-corrected chi connectivity index (χ0v) is 24.6. The highest BCUT2D eigenvalue weighted by Gasteiger charge is 2.23. The van der Waals surface area contributed by atoms with Crippen molar-refractivity contribution in [3.8, 4) is 11.5 Å². The number of nitrogens with zero attached hydrogens (tertiary/aromatic N) is 4. The highest BCUT2D eigenvalue weighted by atomic mass is 19.1. The van der Waals surface area contributed by atoms with Gasteiger partial charge in [-0.3, -0.25) is 9.78 Å². The third kappa shape index (κ3) is 6.11. The van der Waals surface area contributed by atoms with Gasteiger partial charge in [-0.15, -0.1) is 0 Å². The first kappa shape index (κ1) is 28.2. The van der Waals surface area contributed by atoms with Gasteiger partial charge in [0.25, 0.3) is 5.91 Å². The summed E-state index contributed by atoms with van der Waals surface area (Å²) < 4.78 is 22.6. The largest absolute Gasteiger partial charge is 0.457 e. The van der Waals surface area contributed by atoms with Crippen LogP contribution in [0.3, 0.4) is 0 Å². The van der Waals surface area contributed by atoms with Gasteiger partial charge in [0.1, 0.15) is 23.0 Å². The third-order valence-corrected chi connectivity index (χ3v) is 8.69. The Hall–Kier alpha value is -3.98. The molecule has 1 aliphatic heterocycles. The van der Waals surface area contributed by atoms with E-state index in [4.69, 9.17) is 9.72 Å². The summed E-state index contributed by atoms with van der Waals surface area (Å²) in [5.41, 5.74) is 3.63. The number of nitrogens with one attached hydrogen (secondary N) is 2. The van der Waals surface area contributed by atoms with Crippen molar-refractivity contribution in [1.29, 1.82) is 0 Å². The number of fused-ring (bicyclic) bond motifs is 1. The fourth-order valence-corrected chi connectivity index (χ4v) is 6.21. The van der Waals surface area contributed by atoms with E-state index in [1.165, 1.54) is 0 Å². The molecule has 0 atom stereocenters. The predicted molar refractivity (Wildman–Crippen MR) is 163 cm³/mol. The lowest BCUT2D eigenvalue weighted by Crippen LogP contribution is -2.46. The topological polar surface area (TPSA) is 84.3 Å². The van der Waals surface area contributed by atoms with E-state index in [2.05, 4.69) is 34.4 Å². The summed E-state index contributed by atoms with van der Waals surface area (Å²) in [6, 6.07) is 15.0. The smallest absolute Gasteiger partial charge is 0.270 e. The average Bonchev–Trinajstić information content (AvgIpc) is 3.63. The van der Waals surface area contributed by atoms with Gasteiger partial charge in [-0.05, 0) is 87.4 Å². The number of carbonyl (C=O) groups excluding carboxylic acids is 1. The Morgan fingerprint density at radius 1 is 1.00 bits per heavy atom. The fraction of sp³-hybridized carbons (Fsp3) is 0.424. The van der Waals surface area contributed by atoms with Crippen LogP contribution in [0.2, 0.25) is 0 Å². The molecule has 8 nitrogen and oxygen atoms in total. The number of pyridine rings is 1. The number of amides is 1. The molecule has 2 fully saturated rings. The first-order chi connectivity index (χ1) is 20.3. The van der Waals surface area contributed by atoms with Gasteiger partial charge < -0.3 is 24.8 Å². The molecule has 1 aliphatic carbocycles. The van der Waals surface area contributed by atoms with E-state index < -0.39 is 0 Å². The minimum Gasteiger partial charge on any atom is -0.457 e. The molecule has 220 valence electrons. The molecule has 3 heterocycles. The summed E-state index contributed by atoms with van der Waals surface area (Å²) >= 11 is 0. The van der Waals surface area contributed by atoms with Crippen LogP contribution >= 0.6 is 0 Å². The van der Waals surface area contributed by atoms with E-state index in [9.17, 15) is 9.18 Å². The molecule has 1 saturated heterocycles. The first-order valence-electron chi connectivity index (χ1n) is 15.1. The number of hydrogen-bond donors (Lipinski definition) is 2. The number of aromatic nitrogens is 3. The second-order valence-electron chi connectivity index (χ2n) is 11.8. The van der Waals surface area contributed by atoms with Crippen molar-refractivity contribution >= 4 is 28.6 Å². The van der Waals surface area contributed by atoms with Gasteiger partial charge in [-0.25, -0.2) is 9.37 Å². The molecule has 0 bridgehead atoms. The van der Waals surface area contributed by atoms with Gasteiger partial charge in [0.15, 0.2) is 0 Å². The Morgan fingerprint density at radius 3 is 2.52 bits per heavy atom. The van der Waals surface area contributed by atoms with E-state index >= 15 is 0 Å². The molecular formula is C33H39FN6O2. The molecule has 42 heavy (non-hydrogen) atoms. The van der Waals surface area contributed by atoms with Gasteiger partial charge in [-0.2, -0.15) is 0 Å². The number of carbonyl (C=O) groups is 1. The normalized spacial score (nSPS) is 16.8. The molecule has 6 rings (SSSR count). The lowest BCUT2D eigenvalue weighted by molar-refractivity contribution is 0.0895. The summed E-state index contributed by atoms with van der Waals surface area (Å²) in [6.45, 7) is 6.38. The maximum atomic E-state index is 14.6. The number of imidazole rings is 1. The summed E-state index contributed by atoms with van der Waals surface area (Å²) in [7, 11) is 1.94. The van der Waals surface area contributed by atoms with Gasteiger partial charge >= 0.3 is 0 Å². The molecule has 2 aliphatic rings. The van der Waals surface area contributed by atoms with Crippen LogP contribution in [0, 0.1) is 5.82 Å². The molecule has 9 heteroatoms. The molecule has 2 aromatic heterocycles. The van der Waals surface area contributed by atoms with E-state index in [1.807, 2.05) is 35.9 Å². The maximum Gasteiger partial charge on any atom is 0.270 e. The number of anilines is 2. The number of ether oxygens (including phenoxy) is 1. The second kappa shape index (κ2) is 12.1. The lowest BCUT2D eigenvalue weighted by atomic mass is 9.96. The van der Waals surface area contributed by atoms with Crippen LogP contribution in [0.25, 0.3) is 11.0 Å². The molecule has 2 N–H and O–H groups in total. The number of benzene rings is 2. The van der Waals surface area contributed by atoms with Gasteiger partial charge in [0, 0.05) is 56.2 Å².